The molecule has 0 aromatic carbocycles. The summed E-state index contributed by atoms with van der Waals surface area (Å²) in [7, 11) is -0.847. The van der Waals surface area contributed by atoms with Gasteiger partial charge in [-0.3, -0.25) is 0 Å². The van der Waals surface area contributed by atoms with Crippen molar-refractivity contribution in [1.29, 1.82) is 0 Å². The summed E-state index contributed by atoms with van der Waals surface area (Å²) in [5.41, 5.74) is 0.472. The topological polar surface area (TPSA) is 0 Å². The third-order valence-corrected chi connectivity index (χ3v) is 9.93. The van der Waals surface area contributed by atoms with Gasteiger partial charge in [-0.25, -0.2) is 0 Å². The molecule has 1 heterocycles. The van der Waals surface area contributed by atoms with Crippen molar-refractivity contribution in [3.8, 4) is 0 Å². The molecule has 0 spiro atoms. The lowest BCUT2D eigenvalue weighted by Crippen LogP contribution is -2.23. The molecule has 0 radical (unpaired) electrons. The van der Waals surface area contributed by atoms with Gasteiger partial charge in [0.25, 0.3) is 0 Å². The van der Waals surface area contributed by atoms with E-state index in [2.05, 4.69) is 55.4 Å². The largest absolute Gasteiger partial charge is 0.112 e. The molecular formula is C13H26P+. The second kappa shape index (κ2) is 3.08. The van der Waals surface area contributed by atoms with E-state index in [1.807, 2.05) is 0 Å². The summed E-state index contributed by atoms with van der Waals surface area (Å²) in [6, 6.07) is 0. The van der Waals surface area contributed by atoms with Crippen LogP contribution in [0.3, 0.4) is 0 Å². The van der Waals surface area contributed by atoms with Gasteiger partial charge in [-0.15, -0.1) is 0 Å². The molecule has 0 N–H and O–H groups in total. The molecule has 0 aliphatic carbocycles. The zero-order chi connectivity index (χ0) is 11.4. The fourth-order valence-corrected chi connectivity index (χ4v) is 8.60. The first-order valence-electron chi connectivity index (χ1n) is 5.59. The summed E-state index contributed by atoms with van der Waals surface area (Å²) >= 11 is 0. The van der Waals surface area contributed by atoms with E-state index in [0.29, 0.717) is 10.6 Å². The van der Waals surface area contributed by atoms with Gasteiger partial charge in [0, 0.05) is 0 Å². The van der Waals surface area contributed by atoms with Crippen molar-refractivity contribution in [2.24, 2.45) is 5.41 Å². The third kappa shape index (κ3) is 1.78. The van der Waals surface area contributed by atoms with Crippen LogP contribution in [0.5, 0.6) is 0 Å². The van der Waals surface area contributed by atoms with Crippen molar-refractivity contribution in [3.05, 3.63) is 10.6 Å². The Hall–Kier alpha value is 0.170. The molecule has 82 valence electrons. The predicted octanol–water partition coefficient (Wildman–Crippen LogP) is 5.11. The van der Waals surface area contributed by atoms with Gasteiger partial charge in [0.1, 0.15) is 10.6 Å². The maximum Gasteiger partial charge on any atom is 0.112 e. The minimum atomic E-state index is -0.847. The molecule has 0 aromatic rings. The van der Waals surface area contributed by atoms with Crippen LogP contribution in [0.2, 0.25) is 0 Å². The average molecular weight is 213 g/mol. The molecule has 0 saturated heterocycles. The van der Waals surface area contributed by atoms with Crippen LogP contribution in [0, 0.1) is 5.41 Å². The summed E-state index contributed by atoms with van der Waals surface area (Å²) in [4.78, 5) is 0. The Morgan fingerprint density at radius 3 is 1.29 bits per heavy atom. The maximum atomic E-state index is 2.42. The average Bonchev–Trinajstić information content (AvgIpc) is 2.36. The Balaban J connectivity index is 2.91. The van der Waals surface area contributed by atoms with Crippen LogP contribution in [0.25, 0.3) is 0 Å². The molecule has 0 fully saturated rings. The van der Waals surface area contributed by atoms with E-state index in [1.165, 1.54) is 6.16 Å². The highest BCUT2D eigenvalue weighted by Gasteiger charge is 2.66. The predicted molar refractivity (Wildman–Crippen MR) is 69.4 cm³/mol. The summed E-state index contributed by atoms with van der Waals surface area (Å²) in [5.74, 6) is 0. The van der Waals surface area contributed by atoms with Crippen molar-refractivity contribution < 1.29 is 0 Å². The lowest BCUT2D eigenvalue weighted by Gasteiger charge is -2.31. The molecule has 0 saturated carbocycles. The van der Waals surface area contributed by atoms with E-state index in [0.717, 1.165) is 0 Å². The molecule has 1 rings (SSSR count). The third-order valence-electron chi connectivity index (χ3n) is 3.48. The highest BCUT2D eigenvalue weighted by molar-refractivity contribution is 7.91. The molecule has 0 unspecified atom stereocenters. The fraction of sp³-hybridized carbons (Fsp3) is 0.846. The van der Waals surface area contributed by atoms with E-state index in [1.54, 1.807) is 10.6 Å². The first-order valence-corrected chi connectivity index (χ1v) is 7.56. The van der Waals surface area contributed by atoms with E-state index >= 15 is 0 Å². The van der Waals surface area contributed by atoms with Gasteiger partial charge in [-0.2, -0.15) is 0 Å². The molecule has 0 atom stereocenters. The standard InChI is InChI=1S/C13H26P/c1-10-11(2)14(10,13(6,7)8)9-12(3,4)5/h9H2,1-8H3/q+1. The van der Waals surface area contributed by atoms with E-state index in [-0.39, 0.29) is 0 Å². The number of hydrogen-bond acceptors (Lipinski definition) is 0. The second-order valence-electron chi connectivity index (χ2n) is 6.87. The van der Waals surface area contributed by atoms with Gasteiger partial charge in [-0.1, -0.05) is 20.8 Å². The van der Waals surface area contributed by atoms with Crippen LogP contribution >= 0.6 is 7.26 Å². The summed E-state index contributed by atoms with van der Waals surface area (Å²) in [6.07, 6.45) is 1.40. The minimum absolute atomic E-state index is 0.472. The lowest BCUT2D eigenvalue weighted by molar-refractivity contribution is 0.473. The molecule has 14 heavy (non-hydrogen) atoms. The molecule has 0 aromatic heterocycles. The second-order valence-corrected chi connectivity index (χ2v) is 11.5. The van der Waals surface area contributed by atoms with Crippen molar-refractivity contribution >= 4 is 7.26 Å². The summed E-state index contributed by atoms with van der Waals surface area (Å²) in [6.45, 7) is 19.1. The minimum Gasteiger partial charge on any atom is -0.0567 e. The smallest absolute Gasteiger partial charge is 0.0567 e. The van der Waals surface area contributed by atoms with Gasteiger partial charge in [0.15, 0.2) is 0 Å². The van der Waals surface area contributed by atoms with Gasteiger partial charge in [-0.05, 0) is 40.0 Å². The van der Waals surface area contributed by atoms with Crippen LogP contribution in [-0.4, -0.2) is 11.3 Å². The Labute approximate surface area is 90.5 Å². The fourth-order valence-electron chi connectivity index (χ4n) is 2.75. The number of rotatable bonds is 1. The van der Waals surface area contributed by atoms with Gasteiger partial charge in [0.2, 0.25) is 0 Å². The first-order chi connectivity index (χ1) is 6.02. The Bertz CT molecular complexity index is 259. The van der Waals surface area contributed by atoms with Crippen molar-refractivity contribution in [3.63, 3.8) is 0 Å². The Morgan fingerprint density at radius 1 is 0.857 bits per heavy atom. The van der Waals surface area contributed by atoms with Crippen LogP contribution in [-0.2, 0) is 0 Å². The van der Waals surface area contributed by atoms with Gasteiger partial charge >= 0.3 is 0 Å². The Morgan fingerprint density at radius 2 is 1.21 bits per heavy atom. The summed E-state index contributed by atoms with van der Waals surface area (Å²) < 4.78 is 0. The SMILES string of the molecule is CC1=C(C)[P+]1(CC(C)(C)C)C(C)(C)C. The molecule has 0 bridgehead atoms. The highest BCUT2D eigenvalue weighted by atomic mass is 31.2. The monoisotopic (exact) mass is 213 g/mol. The van der Waals surface area contributed by atoms with Crippen LogP contribution < -0.4 is 0 Å². The molecule has 1 aliphatic heterocycles. The van der Waals surface area contributed by atoms with Crippen molar-refractivity contribution in [2.45, 2.75) is 60.5 Å². The lowest BCUT2D eigenvalue weighted by atomic mass is 10.0. The van der Waals surface area contributed by atoms with Crippen molar-refractivity contribution in [2.75, 3.05) is 6.16 Å². The molecular weight excluding hydrogens is 187 g/mol. The van der Waals surface area contributed by atoms with E-state index in [9.17, 15) is 0 Å². The summed E-state index contributed by atoms with van der Waals surface area (Å²) in [5, 5.41) is 3.99. The van der Waals surface area contributed by atoms with Crippen LogP contribution in [0.15, 0.2) is 10.6 Å². The number of allylic oxidation sites excluding steroid dienone is 2. The molecule has 0 amide bonds. The van der Waals surface area contributed by atoms with Crippen LogP contribution in [0.1, 0.15) is 55.4 Å². The number of hydrogen-bond donors (Lipinski definition) is 0. The molecule has 1 aliphatic rings. The highest BCUT2D eigenvalue weighted by Crippen LogP contribution is 2.92. The van der Waals surface area contributed by atoms with E-state index in [4.69, 9.17) is 0 Å². The van der Waals surface area contributed by atoms with E-state index < -0.39 is 7.26 Å². The Kier molecular flexibility index (Phi) is 2.69. The molecule has 1 heteroatoms. The normalized spacial score (nSPS) is 21.4. The molecule has 0 nitrogen and oxygen atoms in total. The maximum absolute atomic E-state index is 2.42. The zero-order valence-corrected chi connectivity index (χ0v) is 12.0. The quantitative estimate of drug-likeness (QED) is 0.531. The van der Waals surface area contributed by atoms with Crippen molar-refractivity contribution in [1.82, 2.24) is 0 Å². The zero-order valence-electron chi connectivity index (χ0n) is 11.2. The van der Waals surface area contributed by atoms with Gasteiger partial charge < -0.3 is 0 Å². The first kappa shape index (κ1) is 12.2. The van der Waals surface area contributed by atoms with Crippen LogP contribution in [0.4, 0.5) is 0 Å². The van der Waals surface area contributed by atoms with Gasteiger partial charge in [0.05, 0.1) is 18.6 Å².